The Balaban J connectivity index is 3.29. The highest BCUT2D eigenvalue weighted by Gasteiger charge is 1.91. The first-order valence-electron chi connectivity index (χ1n) is 3.05. The summed E-state index contributed by atoms with van der Waals surface area (Å²) < 4.78 is 0.759. The smallest absolute Gasteiger partial charge is 0.110 e. The van der Waals surface area contributed by atoms with Gasteiger partial charge < -0.3 is 4.98 Å². The minimum absolute atomic E-state index is 0.759. The standard InChI is InChI=1S/C8H9NS/c1-6(2)7-4-3-5-9-8(7)10/h3-5H,1H2,2H3,(H,9,10). The molecule has 2 heteroatoms. The van der Waals surface area contributed by atoms with Crippen LogP contribution in [0.25, 0.3) is 5.57 Å². The van der Waals surface area contributed by atoms with Crippen LogP contribution in [-0.4, -0.2) is 4.98 Å². The monoisotopic (exact) mass is 151 g/mol. The van der Waals surface area contributed by atoms with E-state index in [0.29, 0.717) is 0 Å². The third-order valence-corrected chi connectivity index (χ3v) is 1.62. The fourth-order valence-corrected chi connectivity index (χ4v) is 1.07. The maximum Gasteiger partial charge on any atom is 0.110 e. The molecule has 0 amide bonds. The molecule has 1 nitrogen and oxygen atoms in total. The number of hydrogen-bond donors (Lipinski definition) is 1. The van der Waals surface area contributed by atoms with Crippen LogP contribution in [0.4, 0.5) is 0 Å². The van der Waals surface area contributed by atoms with E-state index in [4.69, 9.17) is 12.2 Å². The number of H-pyrrole nitrogens is 1. The largest absolute Gasteiger partial charge is 0.352 e. The van der Waals surface area contributed by atoms with E-state index in [0.717, 1.165) is 15.8 Å². The van der Waals surface area contributed by atoms with Crippen molar-refractivity contribution in [1.82, 2.24) is 4.98 Å². The first-order valence-corrected chi connectivity index (χ1v) is 3.46. The lowest BCUT2D eigenvalue weighted by molar-refractivity contribution is 1.27. The van der Waals surface area contributed by atoms with Gasteiger partial charge in [0, 0.05) is 11.8 Å². The molecule has 0 aliphatic rings. The molecule has 1 heterocycles. The Labute approximate surface area is 65.4 Å². The molecule has 1 N–H and O–H groups in total. The molecule has 0 saturated carbocycles. The molecule has 52 valence electrons. The summed E-state index contributed by atoms with van der Waals surface area (Å²) in [6.07, 6.45) is 1.81. The second-order valence-corrected chi connectivity index (χ2v) is 2.60. The van der Waals surface area contributed by atoms with Crippen LogP contribution in [0, 0.1) is 4.64 Å². The Bertz CT molecular complexity index is 298. The van der Waals surface area contributed by atoms with Gasteiger partial charge in [0.05, 0.1) is 0 Å². The molecule has 0 aliphatic heterocycles. The maximum atomic E-state index is 5.01. The number of aromatic amines is 1. The molecule has 0 bridgehead atoms. The SMILES string of the molecule is C=C(C)c1ccc[nH]c1=S. The molecule has 10 heavy (non-hydrogen) atoms. The molecule has 0 saturated heterocycles. The fourth-order valence-electron chi connectivity index (χ4n) is 0.758. The van der Waals surface area contributed by atoms with Crippen LogP contribution in [-0.2, 0) is 0 Å². The van der Waals surface area contributed by atoms with E-state index in [1.807, 2.05) is 25.3 Å². The summed E-state index contributed by atoms with van der Waals surface area (Å²) >= 11 is 5.01. The van der Waals surface area contributed by atoms with E-state index in [-0.39, 0.29) is 0 Å². The Hall–Kier alpha value is -0.890. The van der Waals surface area contributed by atoms with Gasteiger partial charge in [-0.2, -0.15) is 0 Å². The molecule has 0 spiro atoms. The molecule has 1 aromatic heterocycles. The summed E-state index contributed by atoms with van der Waals surface area (Å²) in [5.41, 5.74) is 2.03. The van der Waals surface area contributed by atoms with E-state index in [1.54, 1.807) is 0 Å². The van der Waals surface area contributed by atoms with E-state index >= 15 is 0 Å². The lowest BCUT2D eigenvalue weighted by Crippen LogP contribution is -1.81. The number of allylic oxidation sites excluding steroid dienone is 1. The highest BCUT2D eigenvalue weighted by atomic mass is 32.1. The Morgan fingerprint density at radius 1 is 1.70 bits per heavy atom. The van der Waals surface area contributed by atoms with Gasteiger partial charge in [0.25, 0.3) is 0 Å². The van der Waals surface area contributed by atoms with E-state index in [1.165, 1.54) is 0 Å². The van der Waals surface area contributed by atoms with Gasteiger partial charge in [0.1, 0.15) is 4.64 Å². The number of hydrogen-bond acceptors (Lipinski definition) is 1. The van der Waals surface area contributed by atoms with E-state index in [9.17, 15) is 0 Å². The summed E-state index contributed by atoms with van der Waals surface area (Å²) in [5.74, 6) is 0. The number of pyridine rings is 1. The highest BCUT2D eigenvalue weighted by Crippen LogP contribution is 2.09. The van der Waals surface area contributed by atoms with Crippen LogP contribution < -0.4 is 0 Å². The second kappa shape index (κ2) is 2.80. The van der Waals surface area contributed by atoms with Crippen molar-refractivity contribution in [3.05, 3.63) is 35.1 Å². The first kappa shape index (κ1) is 7.22. The minimum Gasteiger partial charge on any atom is -0.352 e. The van der Waals surface area contributed by atoms with Crippen LogP contribution >= 0.6 is 12.2 Å². The van der Waals surface area contributed by atoms with Gasteiger partial charge in [-0.25, -0.2) is 0 Å². The molecule has 0 fully saturated rings. The van der Waals surface area contributed by atoms with Crippen LogP contribution in [0.2, 0.25) is 0 Å². The zero-order valence-electron chi connectivity index (χ0n) is 5.85. The Kier molecular flexibility index (Phi) is 2.02. The molecular weight excluding hydrogens is 142 g/mol. The lowest BCUT2D eigenvalue weighted by atomic mass is 10.2. The third kappa shape index (κ3) is 1.33. The van der Waals surface area contributed by atoms with Crippen molar-refractivity contribution >= 4 is 17.8 Å². The summed E-state index contributed by atoms with van der Waals surface area (Å²) in [6.45, 7) is 5.74. The lowest BCUT2D eigenvalue weighted by Gasteiger charge is -1.96. The fraction of sp³-hybridized carbons (Fsp3) is 0.125. The molecule has 0 unspecified atom stereocenters. The van der Waals surface area contributed by atoms with E-state index < -0.39 is 0 Å². The summed E-state index contributed by atoms with van der Waals surface area (Å²) in [6, 6.07) is 3.88. The quantitative estimate of drug-likeness (QED) is 0.610. The first-order chi connectivity index (χ1) is 4.72. The zero-order chi connectivity index (χ0) is 7.56. The summed E-state index contributed by atoms with van der Waals surface area (Å²) in [7, 11) is 0. The molecule has 0 atom stereocenters. The van der Waals surface area contributed by atoms with Gasteiger partial charge in [0.15, 0.2) is 0 Å². The zero-order valence-corrected chi connectivity index (χ0v) is 6.66. The molecule has 0 aromatic carbocycles. The topological polar surface area (TPSA) is 15.8 Å². The predicted octanol–water partition coefficient (Wildman–Crippen LogP) is 2.78. The van der Waals surface area contributed by atoms with Crippen molar-refractivity contribution in [3.63, 3.8) is 0 Å². The summed E-state index contributed by atoms with van der Waals surface area (Å²) in [5, 5.41) is 0. The van der Waals surface area contributed by atoms with Gasteiger partial charge >= 0.3 is 0 Å². The second-order valence-electron chi connectivity index (χ2n) is 2.19. The Morgan fingerprint density at radius 2 is 2.40 bits per heavy atom. The number of rotatable bonds is 1. The maximum absolute atomic E-state index is 5.01. The molecule has 1 aromatic rings. The van der Waals surface area contributed by atoms with Crippen molar-refractivity contribution in [2.75, 3.05) is 0 Å². The molecule has 1 rings (SSSR count). The van der Waals surface area contributed by atoms with Crippen molar-refractivity contribution in [2.24, 2.45) is 0 Å². The van der Waals surface area contributed by atoms with Crippen LogP contribution in [0.5, 0.6) is 0 Å². The van der Waals surface area contributed by atoms with Gasteiger partial charge in [0.2, 0.25) is 0 Å². The number of nitrogens with one attached hydrogen (secondary N) is 1. The van der Waals surface area contributed by atoms with E-state index in [2.05, 4.69) is 11.6 Å². The van der Waals surface area contributed by atoms with Crippen molar-refractivity contribution in [2.45, 2.75) is 6.92 Å². The Morgan fingerprint density at radius 3 is 2.80 bits per heavy atom. The van der Waals surface area contributed by atoms with Gasteiger partial charge in [-0.3, -0.25) is 0 Å². The summed E-state index contributed by atoms with van der Waals surface area (Å²) in [4.78, 5) is 2.94. The normalized spacial score (nSPS) is 9.30. The molecule has 0 aliphatic carbocycles. The van der Waals surface area contributed by atoms with Crippen LogP contribution in [0.1, 0.15) is 12.5 Å². The van der Waals surface area contributed by atoms with Crippen LogP contribution in [0.3, 0.4) is 0 Å². The van der Waals surface area contributed by atoms with Crippen LogP contribution in [0.15, 0.2) is 24.9 Å². The molecular formula is C8H9NS. The highest BCUT2D eigenvalue weighted by molar-refractivity contribution is 7.71. The minimum atomic E-state index is 0.759. The van der Waals surface area contributed by atoms with Gasteiger partial charge in [-0.05, 0) is 18.6 Å². The van der Waals surface area contributed by atoms with Crippen molar-refractivity contribution in [3.8, 4) is 0 Å². The third-order valence-electron chi connectivity index (χ3n) is 1.28. The van der Waals surface area contributed by atoms with Crippen molar-refractivity contribution < 1.29 is 0 Å². The average molecular weight is 151 g/mol. The number of aromatic nitrogens is 1. The molecule has 0 radical (unpaired) electrons. The van der Waals surface area contributed by atoms with Gasteiger partial charge in [-0.1, -0.05) is 24.9 Å². The predicted molar refractivity (Wildman–Crippen MR) is 46.3 cm³/mol. The average Bonchev–Trinajstić information content (AvgIpc) is 1.88. The van der Waals surface area contributed by atoms with Crippen molar-refractivity contribution in [1.29, 1.82) is 0 Å². The van der Waals surface area contributed by atoms with Gasteiger partial charge in [-0.15, -0.1) is 0 Å².